The SMILES string of the molecule is COc1ccc(N2CCN(CCCNC(=O)/C=C/c3cccs3)CC2)cc1. The topological polar surface area (TPSA) is 44.8 Å². The third kappa shape index (κ3) is 6.12. The second kappa shape index (κ2) is 10.1. The predicted octanol–water partition coefficient (Wildman–Crippen LogP) is 3.10. The first-order valence-corrected chi connectivity index (χ1v) is 10.2. The van der Waals surface area contributed by atoms with Crippen LogP contribution in [-0.2, 0) is 4.79 Å². The second-order valence-electron chi connectivity index (χ2n) is 6.52. The van der Waals surface area contributed by atoms with Crippen LogP contribution in [0.25, 0.3) is 6.08 Å². The van der Waals surface area contributed by atoms with Crippen LogP contribution in [0, 0.1) is 0 Å². The predicted molar refractivity (Wildman–Crippen MR) is 113 cm³/mol. The van der Waals surface area contributed by atoms with Crippen molar-refractivity contribution in [3.63, 3.8) is 0 Å². The molecule has 0 atom stereocenters. The minimum atomic E-state index is -0.0206. The molecule has 1 aliphatic heterocycles. The number of rotatable bonds is 8. The van der Waals surface area contributed by atoms with E-state index in [1.54, 1.807) is 24.5 Å². The van der Waals surface area contributed by atoms with Crippen LogP contribution >= 0.6 is 11.3 Å². The number of carbonyl (C=O) groups is 1. The van der Waals surface area contributed by atoms with Gasteiger partial charge in [-0.3, -0.25) is 9.69 Å². The van der Waals surface area contributed by atoms with Gasteiger partial charge in [0, 0.05) is 49.4 Å². The Morgan fingerprint density at radius 2 is 1.96 bits per heavy atom. The standard InChI is InChI=1S/C21H27N3O2S/c1-26-19-7-5-18(6-8-19)24-15-13-23(14-16-24)12-3-11-22-21(25)10-9-20-4-2-17-27-20/h2,4-10,17H,3,11-16H2,1H3,(H,22,25)/b10-9+. The van der Waals surface area contributed by atoms with Crippen molar-refractivity contribution < 1.29 is 9.53 Å². The highest BCUT2D eigenvalue weighted by atomic mass is 32.1. The highest BCUT2D eigenvalue weighted by Crippen LogP contribution is 2.20. The maximum Gasteiger partial charge on any atom is 0.244 e. The van der Waals surface area contributed by atoms with E-state index < -0.39 is 0 Å². The third-order valence-electron chi connectivity index (χ3n) is 4.70. The van der Waals surface area contributed by atoms with Crippen LogP contribution in [0.5, 0.6) is 5.75 Å². The number of amides is 1. The van der Waals surface area contributed by atoms with Crippen molar-refractivity contribution >= 4 is 29.0 Å². The number of hydrogen-bond donors (Lipinski definition) is 1. The van der Waals surface area contributed by atoms with Crippen molar-refractivity contribution in [2.75, 3.05) is 51.3 Å². The smallest absolute Gasteiger partial charge is 0.244 e. The lowest BCUT2D eigenvalue weighted by Crippen LogP contribution is -2.47. The van der Waals surface area contributed by atoms with Crippen LogP contribution in [0.1, 0.15) is 11.3 Å². The lowest BCUT2D eigenvalue weighted by Gasteiger charge is -2.36. The Labute approximate surface area is 165 Å². The van der Waals surface area contributed by atoms with E-state index in [2.05, 4.69) is 27.2 Å². The maximum atomic E-state index is 11.8. The van der Waals surface area contributed by atoms with Crippen LogP contribution in [-0.4, -0.2) is 57.2 Å². The van der Waals surface area contributed by atoms with Crippen molar-refractivity contribution in [1.82, 2.24) is 10.2 Å². The van der Waals surface area contributed by atoms with Crippen LogP contribution in [0.3, 0.4) is 0 Å². The number of ether oxygens (including phenoxy) is 1. The molecule has 5 nitrogen and oxygen atoms in total. The van der Waals surface area contributed by atoms with E-state index in [-0.39, 0.29) is 5.91 Å². The first kappa shape index (κ1) is 19.5. The summed E-state index contributed by atoms with van der Waals surface area (Å²) in [7, 11) is 1.69. The van der Waals surface area contributed by atoms with Gasteiger partial charge in [0.1, 0.15) is 5.75 Å². The van der Waals surface area contributed by atoms with Crippen molar-refractivity contribution in [3.05, 3.63) is 52.7 Å². The number of piperazine rings is 1. The number of carbonyl (C=O) groups excluding carboxylic acids is 1. The van der Waals surface area contributed by atoms with Gasteiger partial charge in [-0.15, -0.1) is 11.3 Å². The van der Waals surface area contributed by atoms with Gasteiger partial charge in [-0.1, -0.05) is 6.07 Å². The lowest BCUT2D eigenvalue weighted by atomic mass is 10.2. The highest BCUT2D eigenvalue weighted by molar-refractivity contribution is 7.10. The second-order valence-corrected chi connectivity index (χ2v) is 7.50. The van der Waals surface area contributed by atoms with Gasteiger partial charge in [-0.2, -0.15) is 0 Å². The zero-order chi connectivity index (χ0) is 18.9. The summed E-state index contributed by atoms with van der Waals surface area (Å²) in [5.74, 6) is 0.873. The number of anilines is 1. The Kier molecular flexibility index (Phi) is 7.30. The number of thiophene rings is 1. The number of hydrogen-bond acceptors (Lipinski definition) is 5. The summed E-state index contributed by atoms with van der Waals surface area (Å²) in [6.45, 7) is 5.90. The van der Waals surface area contributed by atoms with Crippen molar-refractivity contribution in [1.29, 1.82) is 0 Å². The molecule has 0 spiro atoms. The molecular formula is C21H27N3O2S. The molecule has 0 saturated carbocycles. The molecule has 144 valence electrons. The largest absolute Gasteiger partial charge is 0.497 e. The zero-order valence-corrected chi connectivity index (χ0v) is 16.6. The van der Waals surface area contributed by atoms with Gasteiger partial charge in [-0.05, 0) is 54.8 Å². The van der Waals surface area contributed by atoms with E-state index in [1.165, 1.54) is 5.69 Å². The summed E-state index contributed by atoms with van der Waals surface area (Å²) in [5.41, 5.74) is 1.25. The van der Waals surface area contributed by atoms with Gasteiger partial charge < -0.3 is 15.0 Å². The van der Waals surface area contributed by atoms with Gasteiger partial charge >= 0.3 is 0 Å². The molecule has 6 heteroatoms. The molecule has 0 aliphatic carbocycles. The minimum absolute atomic E-state index is 0.0206. The lowest BCUT2D eigenvalue weighted by molar-refractivity contribution is -0.116. The van der Waals surface area contributed by atoms with Gasteiger partial charge in [0.05, 0.1) is 7.11 Å². The molecule has 0 bridgehead atoms. The average molecular weight is 386 g/mol. The summed E-state index contributed by atoms with van der Waals surface area (Å²) < 4.78 is 5.22. The Hall–Kier alpha value is -2.31. The van der Waals surface area contributed by atoms with E-state index in [1.807, 2.05) is 35.7 Å². The molecule has 3 rings (SSSR count). The number of methoxy groups -OCH3 is 1. The normalized spacial score (nSPS) is 15.2. The molecule has 1 fully saturated rings. The molecule has 1 amide bonds. The van der Waals surface area contributed by atoms with E-state index in [0.29, 0.717) is 6.54 Å². The third-order valence-corrected chi connectivity index (χ3v) is 5.54. The fourth-order valence-corrected chi connectivity index (χ4v) is 3.76. The summed E-state index contributed by atoms with van der Waals surface area (Å²) in [6, 6.07) is 12.2. The van der Waals surface area contributed by atoms with Gasteiger partial charge in [0.15, 0.2) is 0 Å². The molecule has 2 heterocycles. The Balaban J connectivity index is 1.30. The molecule has 0 unspecified atom stereocenters. The molecule has 1 saturated heterocycles. The molecular weight excluding hydrogens is 358 g/mol. The number of nitrogens with one attached hydrogen (secondary N) is 1. The van der Waals surface area contributed by atoms with Crippen LogP contribution in [0.15, 0.2) is 47.9 Å². The summed E-state index contributed by atoms with van der Waals surface area (Å²) in [4.78, 5) is 17.8. The quantitative estimate of drug-likeness (QED) is 0.560. The van der Waals surface area contributed by atoms with Gasteiger partial charge in [0.25, 0.3) is 0 Å². The first-order valence-electron chi connectivity index (χ1n) is 9.35. The van der Waals surface area contributed by atoms with Crippen LogP contribution in [0.4, 0.5) is 5.69 Å². The van der Waals surface area contributed by atoms with Gasteiger partial charge in [-0.25, -0.2) is 0 Å². The number of nitrogens with zero attached hydrogens (tertiary/aromatic N) is 2. The molecule has 27 heavy (non-hydrogen) atoms. The summed E-state index contributed by atoms with van der Waals surface area (Å²) >= 11 is 1.63. The van der Waals surface area contributed by atoms with Crippen molar-refractivity contribution in [2.24, 2.45) is 0 Å². The minimum Gasteiger partial charge on any atom is -0.497 e. The van der Waals surface area contributed by atoms with Crippen molar-refractivity contribution in [2.45, 2.75) is 6.42 Å². The fraction of sp³-hybridized carbons (Fsp3) is 0.381. The summed E-state index contributed by atoms with van der Waals surface area (Å²) in [6.07, 6.45) is 4.44. The molecule has 1 aromatic carbocycles. The van der Waals surface area contributed by atoms with E-state index in [0.717, 1.165) is 49.8 Å². The van der Waals surface area contributed by atoms with E-state index in [9.17, 15) is 4.79 Å². The van der Waals surface area contributed by atoms with Crippen LogP contribution in [0.2, 0.25) is 0 Å². The zero-order valence-electron chi connectivity index (χ0n) is 15.8. The highest BCUT2D eigenvalue weighted by Gasteiger charge is 2.16. The average Bonchev–Trinajstić information content (AvgIpc) is 3.24. The Morgan fingerprint density at radius 1 is 1.19 bits per heavy atom. The first-order chi connectivity index (χ1) is 13.2. The molecule has 0 radical (unpaired) electrons. The molecule has 2 aromatic rings. The Bertz CT molecular complexity index is 720. The Morgan fingerprint density at radius 3 is 2.63 bits per heavy atom. The van der Waals surface area contributed by atoms with E-state index in [4.69, 9.17) is 4.74 Å². The van der Waals surface area contributed by atoms with Crippen LogP contribution < -0.4 is 15.0 Å². The van der Waals surface area contributed by atoms with E-state index >= 15 is 0 Å². The van der Waals surface area contributed by atoms with Gasteiger partial charge in [0.2, 0.25) is 5.91 Å². The fourth-order valence-electron chi connectivity index (χ4n) is 3.14. The molecule has 1 aliphatic rings. The van der Waals surface area contributed by atoms with Crippen molar-refractivity contribution in [3.8, 4) is 5.75 Å². The molecule has 1 aromatic heterocycles. The molecule has 1 N–H and O–H groups in total. The number of benzene rings is 1. The monoisotopic (exact) mass is 385 g/mol. The summed E-state index contributed by atoms with van der Waals surface area (Å²) in [5, 5.41) is 4.97. The maximum absolute atomic E-state index is 11.8.